The van der Waals surface area contributed by atoms with Crippen LogP contribution in [-0.2, 0) is 6.42 Å². The summed E-state index contributed by atoms with van der Waals surface area (Å²) in [5, 5.41) is 19.9. The summed E-state index contributed by atoms with van der Waals surface area (Å²) in [6.45, 7) is 1.89. The predicted molar refractivity (Wildman–Crippen MR) is 66.6 cm³/mol. The number of rotatable bonds is 4. The number of aromatic nitrogens is 2. The van der Waals surface area contributed by atoms with Crippen LogP contribution in [-0.4, -0.2) is 25.6 Å². The van der Waals surface area contributed by atoms with Crippen LogP contribution in [0.15, 0.2) is 30.6 Å². The van der Waals surface area contributed by atoms with Gasteiger partial charge in [-0.2, -0.15) is 0 Å². The van der Waals surface area contributed by atoms with Crippen molar-refractivity contribution in [3.63, 3.8) is 0 Å². The second-order valence-electron chi connectivity index (χ2n) is 3.83. The van der Waals surface area contributed by atoms with E-state index in [1.165, 1.54) is 12.1 Å². The molecular weight excluding hydrogens is 250 g/mol. The van der Waals surface area contributed by atoms with Gasteiger partial charge in [0.25, 0.3) is 5.69 Å². The summed E-state index contributed by atoms with van der Waals surface area (Å²) < 4.78 is 1.62. The van der Waals surface area contributed by atoms with Gasteiger partial charge in [0.05, 0.1) is 16.2 Å². The first kappa shape index (κ1) is 12.7. The van der Waals surface area contributed by atoms with Crippen LogP contribution in [0.4, 0.5) is 5.69 Å². The lowest BCUT2D eigenvalue weighted by Gasteiger charge is -2.09. The molecule has 0 bridgehead atoms. The summed E-state index contributed by atoms with van der Waals surface area (Å²) in [6, 6.07) is 3.75. The maximum absolute atomic E-state index is 11.2. The Balaban J connectivity index is 2.63. The molecule has 2 rings (SSSR count). The SMILES string of the molecule is CCc1nccn1-c1ccc([N+](=O)[O-])cc1C(=O)O. The first-order valence-corrected chi connectivity index (χ1v) is 5.59. The molecule has 0 amide bonds. The first-order chi connectivity index (χ1) is 9.04. The summed E-state index contributed by atoms with van der Waals surface area (Å²) >= 11 is 0. The molecule has 0 aliphatic carbocycles. The third-order valence-corrected chi connectivity index (χ3v) is 2.71. The molecular formula is C12H11N3O4. The highest BCUT2D eigenvalue weighted by Gasteiger charge is 2.18. The number of hydrogen-bond acceptors (Lipinski definition) is 4. The van der Waals surface area contributed by atoms with E-state index < -0.39 is 10.9 Å². The Hall–Kier alpha value is -2.70. The first-order valence-electron chi connectivity index (χ1n) is 5.59. The Bertz CT molecular complexity index is 648. The maximum Gasteiger partial charge on any atom is 0.338 e. The molecule has 0 spiro atoms. The van der Waals surface area contributed by atoms with Crippen LogP contribution < -0.4 is 0 Å². The summed E-state index contributed by atoms with van der Waals surface area (Å²) in [6.07, 6.45) is 3.82. The number of nitro benzene ring substituents is 1. The predicted octanol–water partition coefficient (Wildman–Crippen LogP) is 2.04. The number of carboxylic acid groups (broad SMARTS) is 1. The number of nitrogens with zero attached hydrogens (tertiary/aromatic N) is 3. The molecule has 0 aliphatic rings. The van der Waals surface area contributed by atoms with E-state index in [2.05, 4.69) is 4.98 Å². The molecule has 19 heavy (non-hydrogen) atoms. The lowest BCUT2D eigenvalue weighted by molar-refractivity contribution is -0.384. The van der Waals surface area contributed by atoms with E-state index in [9.17, 15) is 20.0 Å². The minimum Gasteiger partial charge on any atom is -0.478 e. The van der Waals surface area contributed by atoms with Gasteiger partial charge in [0.1, 0.15) is 5.82 Å². The number of carbonyl (C=O) groups is 1. The van der Waals surface area contributed by atoms with Gasteiger partial charge in [0.2, 0.25) is 0 Å². The van der Waals surface area contributed by atoms with Gasteiger partial charge < -0.3 is 9.67 Å². The van der Waals surface area contributed by atoms with Crippen LogP contribution >= 0.6 is 0 Å². The third-order valence-electron chi connectivity index (χ3n) is 2.71. The highest BCUT2D eigenvalue weighted by atomic mass is 16.6. The van der Waals surface area contributed by atoms with E-state index in [1.54, 1.807) is 17.0 Å². The molecule has 1 aromatic carbocycles. The van der Waals surface area contributed by atoms with Gasteiger partial charge in [-0.25, -0.2) is 9.78 Å². The molecule has 0 saturated heterocycles. The Morgan fingerprint density at radius 3 is 2.84 bits per heavy atom. The smallest absolute Gasteiger partial charge is 0.338 e. The van der Waals surface area contributed by atoms with Crippen molar-refractivity contribution in [1.82, 2.24) is 9.55 Å². The summed E-state index contributed by atoms with van der Waals surface area (Å²) in [5.41, 5.74) is -0.00587. The summed E-state index contributed by atoms with van der Waals surface area (Å²) in [7, 11) is 0. The number of benzene rings is 1. The molecule has 0 saturated carbocycles. The van der Waals surface area contributed by atoms with Crippen LogP contribution in [0, 0.1) is 10.1 Å². The summed E-state index contributed by atoms with van der Waals surface area (Å²) in [5.74, 6) is -0.522. The molecule has 2 aromatic rings. The van der Waals surface area contributed by atoms with Gasteiger partial charge in [-0.1, -0.05) is 6.92 Å². The number of imidazole rings is 1. The standard InChI is InChI=1S/C12H11N3O4/c1-2-11-13-5-6-14(11)10-4-3-8(15(18)19)7-9(10)12(16)17/h3-7H,2H2,1H3,(H,16,17). The van der Waals surface area contributed by atoms with Crippen molar-refractivity contribution in [1.29, 1.82) is 0 Å². The normalized spacial score (nSPS) is 10.4. The monoisotopic (exact) mass is 261 g/mol. The van der Waals surface area contributed by atoms with E-state index in [0.717, 1.165) is 6.07 Å². The molecule has 0 radical (unpaired) electrons. The van der Waals surface area contributed by atoms with E-state index >= 15 is 0 Å². The molecule has 0 aliphatic heterocycles. The molecule has 1 aromatic heterocycles. The van der Waals surface area contributed by atoms with E-state index in [1.807, 2.05) is 6.92 Å². The van der Waals surface area contributed by atoms with Crippen molar-refractivity contribution in [2.75, 3.05) is 0 Å². The van der Waals surface area contributed by atoms with Gasteiger partial charge in [0, 0.05) is 30.9 Å². The maximum atomic E-state index is 11.2. The van der Waals surface area contributed by atoms with Crippen molar-refractivity contribution in [3.8, 4) is 5.69 Å². The fourth-order valence-corrected chi connectivity index (χ4v) is 1.83. The minimum absolute atomic E-state index is 0.123. The van der Waals surface area contributed by atoms with Crippen molar-refractivity contribution in [2.45, 2.75) is 13.3 Å². The number of aryl methyl sites for hydroxylation is 1. The van der Waals surface area contributed by atoms with Crippen LogP contribution in [0.5, 0.6) is 0 Å². The van der Waals surface area contributed by atoms with E-state index in [0.29, 0.717) is 17.9 Å². The second kappa shape index (κ2) is 4.89. The number of carboxylic acids is 1. The highest BCUT2D eigenvalue weighted by molar-refractivity contribution is 5.92. The van der Waals surface area contributed by atoms with Crippen molar-refractivity contribution < 1.29 is 14.8 Å². The van der Waals surface area contributed by atoms with Gasteiger partial charge in [-0.3, -0.25) is 10.1 Å². The molecule has 1 N–H and O–H groups in total. The number of hydrogen-bond donors (Lipinski definition) is 1. The Morgan fingerprint density at radius 2 is 2.26 bits per heavy atom. The zero-order chi connectivity index (χ0) is 14.0. The third kappa shape index (κ3) is 2.30. The van der Waals surface area contributed by atoms with Crippen molar-refractivity contribution in [2.24, 2.45) is 0 Å². The molecule has 0 atom stereocenters. The summed E-state index contributed by atoms with van der Waals surface area (Å²) in [4.78, 5) is 25.4. The minimum atomic E-state index is -1.21. The zero-order valence-electron chi connectivity index (χ0n) is 10.1. The molecule has 1 heterocycles. The van der Waals surface area contributed by atoms with Gasteiger partial charge in [-0.15, -0.1) is 0 Å². The topological polar surface area (TPSA) is 98.3 Å². The largest absolute Gasteiger partial charge is 0.478 e. The Labute approximate surface area is 108 Å². The fourth-order valence-electron chi connectivity index (χ4n) is 1.83. The Morgan fingerprint density at radius 1 is 1.53 bits per heavy atom. The van der Waals surface area contributed by atoms with Gasteiger partial charge >= 0.3 is 5.97 Å². The van der Waals surface area contributed by atoms with Gasteiger partial charge in [-0.05, 0) is 6.07 Å². The lowest BCUT2D eigenvalue weighted by atomic mass is 10.1. The van der Waals surface area contributed by atoms with Crippen molar-refractivity contribution in [3.05, 3.63) is 52.1 Å². The van der Waals surface area contributed by atoms with Crippen LogP contribution in [0.3, 0.4) is 0 Å². The quantitative estimate of drug-likeness (QED) is 0.670. The van der Waals surface area contributed by atoms with Crippen molar-refractivity contribution >= 4 is 11.7 Å². The lowest BCUT2D eigenvalue weighted by Crippen LogP contribution is -2.08. The van der Waals surface area contributed by atoms with Crippen LogP contribution in [0.1, 0.15) is 23.1 Å². The zero-order valence-corrected chi connectivity index (χ0v) is 10.1. The number of nitro groups is 1. The number of aromatic carboxylic acids is 1. The Kier molecular flexibility index (Phi) is 3.28. The van der Waals surface area contributed by atoms with Crippen LogP contribution in [0.2, 0.25) is 0 Å². The molecule has 0 fully saturated rings. The molecule has 98 valence electrons. The average Bonchev–Trinajstić information content (AvgIpc) is 2.85. The number of non-ortho nitro benzene ring substituents is 1. The van der Waals surface area contributed by atoms with E-state index in [-0.39, 0.29) is 11.3 Å². The van der Waals surface area contributed by atoms with E-state index in [4.69, 9.17) is 0 Å². The molecule has 7 nitrogen and oxygen atoms in total. The molecule has 7 heteroatoms. The average molecular weight is 261 g/mol. The highest BCUT2D eigenvalue weighted by Crippen LogP contribution is 2.22. The second-order valence-corrected chi connectivity index (χ2v) is 3.83. The van der Waals surface area contributed by atoms with Crippen LogP contribution in [0.25, 0.3) is 5.69 Å². The fraction of sp³-hybridized carbons (Fsp3) is 0.167. The molecule has 0 unspecified atom stereocenters. The van der Waals surface area contributed by atoms with Gasteiger partial charge in [0.15, 0.2) is 0 Å².